The summed E-state index contributed by atoms with van der Waals surface area (Å²) in [5, 5.41) is 0.466. The summed E-state index contributed by atoms with van der Waals surface area (Å²) in [5.74, 6) is -2.41. The van der Waals surface area contributed by atoms with Gasteiger partial charge in [-0.3, -0.25) is 9.69 Å². The maximum absolute atomic E-state index is 14.3. The lowest BCUT2D eigenvalue weighted by atomic mass is 10.1. The van der Waals surface area contributed by atoms with Gasteiger partial charge < -0.3 is 4.90 Å². The molecule has 1 heterocycles. The number of hydrogen-bond donors (Lipinski definition) is 1. The Labute approximate surface area is 173 Å². The summed E-state index contributed by atoms with van der Waals surface area (Å²) >= 11 is 1.37. The van der Waals surface area contributed by atoms with Gasteiger partial charge in [-0.1, -0.05) is 23.5 Å². The highest BCUT2D eigenvalue weighted by Gasteiger charge is 2.27. The number of hydrogen-bond acceptors (Lipinski definition) is 3. The first-order valence-corrected chi connectivity index (χ1v) is 10.6. The number of thiazole rings is 1. The summed E-state index contributed by atoms with van der Waals surface area (Å²) in [6.45, 7) is 11.0. The zero-order valence-corrected chi connectivity index (χ0v) is 18.0. The summed E-state index contributed by atoms with van der Waals surface area (Å²) in [6, 6.07) is 7.46. The second-order valence-electron chi connectivity index (χ2n) is 7.11. The van der Waals surface area contributed by atoms with Crippen molar-refractivity contribution in [3.8, 4) is 0 Å². The zero-order chi connectivity index (χ0) is 21.1. The average Bonchev–Trinajstić information content (AvgIpc) is 3.12. The van der Waals surface area contributed by atoms with Gasteiger partial charge in [0.2, 0.25) is 0 Å². The molecule has 0 aliphatic rings. The molecule has 0 saturated carbocycles. The first-order valence-electron chi connectivity index (χ1n) is 9.83. The number of nitrogens with zero attached hydrogens (tertiary/aromatic N) is 2. The molecule has 7 heteroatoms. The van der Waals surface area contributed by atoms with Gasteiger partial charge in [0.05, 0.1) is 36.4 Å². The molecule has 2 aromatic carbocycles. The Morgan fingerprint density at radius 1 is 1.10 bits per heavy atom. The molecule has 4 nitrogen and oxygen atoms in total. The lowest BCUT2D eigenvalue weighted by Gasteiger charge is -2.23. The highest BCUT2D eigenvalue weighted by atomic mass is 32.1. The molecule has 0 aliphatic heterocycles. The molecule has 1 aromatic heterocycles. The fourth-order valence-electron chi connectivity index (χ4n) is 3.32. The topological polar surface area (TPSA) is 37.6 Å². The number of fused-ring (bicyclic) bond motifs is 1. The summed E-state index contributed by atoms with van der Waals surface area (Å²) in [6.07, 6.45) is 0. The average molecular weight is 419 g/mol. The van der Waals surface area contributed by atoms with E-state index in [2.05, 4.69) is 18.8 Å². The molecule has 0 radical (unpaired) electrons. The summed E-state index contributed by atoms with van der Waals surface area (Å²) in [4.78, 5) is 20.6. The van der Waals surface area contributed by atoms with Crippen LogP contribution in [0.3, 0.4) is 0 Å². The number of carbonyl (C=O) groups is 1. The van der Waals surface area contributed by atoms with Crippen molar-refractivity contribution in [3.05, 3.63) is 58.7 Å². The van der Waals surface area contributed by atoms with Crippen LogP contribution in [-0.4, -0.2) is 37.1 Å². The van der Waals surface area contributed by atoms with E-state index in [4.69, 9.17) is 0 Å². The smallest absolute Gasteiger partial charge is 0.266 e. The van der Waals surface area contributed by atoms with Crippen LogP contribution in [0.2, 0.25) is 0 Å². The summed E-state index contributed by atoms with van der Waals surface area (Å²) in [7, 11) is 0. The van der Waals surface area contributed by atoms with Gasteiger partial charge in [-0.15, -0.1) is 0 Å². The van der Waals surface area contributed by atoms with Crippen molar-refractivity contribution in [1.82, 2.24) is 4.98 Å². The Balaban J connectivity index is 2.05. The summed E-state index contributed by atoms with van der Waals surface area (Å²) < 4.78 is 29.6. The van der Waals surface area contributed by atoms with Gasteiger partial charge >= 0.3 is 0 Å². The molecular weight excluding hydrogens is 392 g/mol. The van der Waals surface area contributed by atoms with E-state index < -0.39 is 23.1 Å². The quantitative estimate of drug-likeness (QED) is 0.634. The Hall–Kier alpha value is -2.38. The van der Waals surface area contributed by atoms with Crippen molar-refractivity contribution in [3.63, 3.8) is 0 Å². The molecule has 0 saturated heterocycles. The van der Waals surface area contributed by atoms with Crippen LogP contribution in [0.5, 0.6) is 0 Å². The predicted molar refractivity (Wildman–Crippen MR) is 114 cm³/mol. The van der Waals surface area contributed by atoms with E-state index in [1.165, 1.54) is 27.2 Å². The van der Waals surface area contributed by atoms with E-state index in [1.807, 2.05) is 26.0 Å². The number of carbonyl (C=O) groups excluding carboxylic acids is 1. The van der Waals surface area contributed by atoms with Crippen LogP contribution in [0.25, 0.3) is 10.2 Å². The van der Waals surface area contributed by atoms with Gasteiger partial charge in [0.15, 0.2) is 5.13 Å². The zero-order valence-electron chi connectivity index (χ0n) is 17.2. The second kappa shape index (κ2) is 8.97. The van der Waals surface area contributed by atoms with Crippen molar-refractivity contribution in [2.45, 2.75) is 27.7 Å². The fourth-order valence-corrected chi connectivity index (χ4v) is 4.37. The van der Waals surface area contributed by atoms with Crippen LogP contribution in [0.1, 0.15) is 35.3 Å². The van der Waals surface area contributed by atoms with Gasteiger partial charge in [0, 0.05) is 0 Å². The standard InChI is InChI=1S/C22H25F2N3OS/c1-5-26(6-2)12-13-27(21(28)19-16(23)8-7-9-17(19)24)22-25-20-15(4)14(3)10-11-18(20)29-22/h7-11H,5-6,12-13H2,1-4H3/p+1. The Morgan fingerprint density at radius 2 is 1.76 bits per heavy atom. The molecule has 154 valence electrons. The third kappa shape index (κ3) is 4.31. The van der Waals surface area contributed by atoms with Crippen LogP contribution in [0.15, 0.2) is 30.3 Å². The van der Waals surface area contributed by atoms with Crippen LogP contribution in [0.4, 0.5) is 13.9 Å². The van der Waals surface area contributed by atoms with Crippen LogP contribution < -0.4 is 9.80 Å². The predicted octanol–water partition coefficient (Wildman–Crippen LogP) is 3.76. The number of rotatable bonds is 7. The number of benzene rings is 2. The molecule has 0 unspecified atom stereocenters. The SMILES string of the molecule is CC[NH+](CC)CCN(C(=O)c1c(F)cccc1F)c1nc2c(C)c(C)ccc2s1. The largest absolute Gasteiger partial charge is 0.334 e. The third-order valence-electron chi connectivity index (χ3n) is 5.42. The van der Waals surface area contributed by atoms with Gasteiger partial charge in [-0.05, 0) is 57.0 Å². The lowest BCUT2D eigenvalue weighted by molar-refractivity contribution is -0.894. The Kier molecular flexibility index (Phi) is 6.59. The van der Waals surface area contributed by atoms with E-state index in [1.54, 1.807) is 0 Å². The van der Waals surface area contributed by atoms with Crippen LogP contribution >= 0.6 is 11.3 Å². The fraction of sp³-hybridized carbons (Fsp3) is 0.364. The monoisotopic (exact) mass is 418 g/mol. The number of aromatic nitrogens is 1. The molecule has 29 heavy (non-hydrogen) atoms. The van der Waals surface area contributed by atoms with Crippen molar-refractivity contribution in [2.24, 2.45) is 0 Å². The number of amides is 1. The van der Waals surface area contributed by atoms with Gasteiger partial charge in [-0.2, -0.15) is 0 Å². The first kappa shape index (κ1) is 21.3. The van der Waals surface area contributed by atoms with Gasteiger partial charge in [-0.25, -0.2) is 13.8 Å². The molecule has 0 atom stereocenters. The molecule has 3 rings (SSSR count). The number of quaternary nitrogens is 1. The molecule has 3 aromatic rings. The van der Waals surface area contributed by atoms with Crippen molar-refractivity contribution in [1.29, 1.82) is 0 Å². The maximum Gasteiger partial charge on any atom is 0.266 e. The highest BCUT2D eigenvalue weighted by molar-refractivity contribution is 7.22. The Bertz CT molecular complexity index is 1010. The minimum Gasteiger partial charge on any atom is -0.334 e. The minimum atomic E-state index is -0.858. The number of nitrogens with one attached hydrogen (secondary N) is 1. The number of aryl methyl sites for hydroxylation is 2. The Morgan fingerprint density at radius 3 is 2.38 bits per heavy atom. The molecule has 0 bridgehead atoms. The van der Waals surface area contributed by atoms with Crippen LogP contribution in [-0.2, 0) is 0 Å². The number of halogens is 2. The number of likely N-dealkylation sites (N-methyl/N-ethyl adjacent to an activating group) is 1. The molecule has 1 N–H and O–H groups in total. The maximum atomic E-state index is 14.3. The molecule has 0 fully saturated rings. The van der Waals surface area contributed by atoms with Crippen molar-refractivity contribution >= 4 is 32.6 Å². The number of anilines is 1. The van der Waals surface area contributed by atoms with E-state index in [-0.39, 0.29) is 0 Å². The van der Waals surface area contributed by atoms with E-state index >= 15 is 0 Å². The third-order valence-corrected chi connectivity index (χ3v) is 6.46. The van der Waals surface area contributed by atoms with E-state index in [0.29, 0.717) is 18.2 Å². The molecule has 0 aliphatic carbocycles. The van der Waals surface area contributed by atoms with Crippen molar-refractivity contribution < 1.29 is 18.5 Å². The normalized spacial score (nSPS) is 11.4. The van der Waals surface area contributed by atoms with E-state index in [0.717, 1.165) is 46.6 Å². The molecular formula is C22H26F2N3OS+. The van der Waals surface area contributed by atoms with Gasteiger partial charge in [0.25, 0.3) is 5.91 Å². The molecule has 0 spiro atoms. The van der Waals surface area contributed by atoms with E-state index in [9.17, 15) is 13.6 Å². The summed E-state index contributed by atoms with van der Waals surface area (Å²) in [5.41, 5.74) is 2.45. The second-order valence-corrected chi connectivity index (χ2v) is 8.12. The van der Waals surface area contributed by atoms with Gasteiger partial charge in [0.1, 0.15) is 17.2 Å². The highest BCUT2D eigenvalue weighted by Crippen LogP contribution is 2.32. The van der Waals surface area contributed by atoms with Crippen molar-refractivity contribution in [2.75, 3.05) is 31.1 Å². The lowest BCUT2D eigenvalue weighted by Crippen LogP contribution is -3.12. The minimum absolute atomic E-state index is 0.335. The van der Waals surface area contributed by atoms with Crippen LogP contribution in [0, 0.1) is 25.5 Å². The first-order chi connectivity index (χ1) is 13.9. The molecule has 1 amide bonds.